The van der Waals surface area contributed by atoms with Gasteiger partial charge in [0.2, 0.25) is 0 Å². The van der Waals surface area contributed by atoms with Crippen LogP contribution in [0.1, 0.15) is 27.2 Å². The van der Waals surface area contributed by atoms with Crippen LogP contribution in [0.5, 0.6) is 0 Å². The molecule has 1 aromatic rings. The van der Waals surface area contributed by atoms with E-state index in [9.17, 15) is 0 Å². The maximum absolute atomic E-state index is 4.77. The number of aliphatic imine (C=N–C) groups is 1. The van der Waals surface area contributed by atoms with Crippen LogP contribution < -0.4 is 15.5 Å². The Morgan fingerprint density at radius 2 is 2.09 bits per heavy atom. The summed E-state index contributed by atoms with van der Waals surface area (Å²) in [6.07, 6.45) is 3.29. The minimum Gasteiger partial charge on any atom is -0.369 e. The maximum atomic E-state index is 4.77. The Morgan fingerprint density at radius 1 is 1.35 bits per heavy atom. The van der Waals surface area contributed by atoms with Crippen LogP contribution in [0.2, 0.25) is 0 Å². The van der Waals surface area contributed by atoms with E-state index in [1.807, 2.05) is 11.8 Å². The van der Waals surface area contributed by atoms with Crippen LogP contribution in [0.15, 0.2) is 35.3 Å². The summed E-state index contributed by atoms with van der Waals surface area (Å²) < 4.78 is 0.175. The lowest BCUT2D eigenvalue weighted by Gasteiger charge is -2.22. The molecule has 1 heterocycles. The van der Waals surface area contributed by atoms with E-state index < -0.39 is 0 Å². The summed E-state index contributed by atoms with van der Waals surface area (Å²) in [5, 5.41) is 6.97. The number of benzene rings is 1. The molecule has 1 aromatic carbocycles. The van der Waals surface area contributed by atoms with Crippen molar-refractivity contribution in [1.82, 2.24) is 10.6 Å². The van der Waals surface area contributed by atoms with Crippen molar-refractivity contribution in [2.45, 2.75) is 38.0 Å². The lowest BCUT2D eigenvalue weighted by molar-refractivity contribution is 0.641. The fraction of sp³-hybridized carbons (Fsp3) is 0.611. The molecular formula is C18H30N4S. The van der Waals surface area contributed by atoms with Gasteiger partial charge in [-0.05, 0) is 45.6 Å². The lowest BCUT2D eigenvalue weighted by atomic mass is 10.2. The van der Waals surface area contributed by atoms with Gasteiger partial charge in [0.1, 0.15) is 0 Å². The van der Waals surface area contributed by atoms with E-state index in [1.54, 1.807) is 0 Å². The van der Waals surface area contributed by atoms with Gasteiger partial charge < -0.3 is 15.5 Å². The Bertz CT molecular complexity index is 501. The normalized spacial score (nSPS) is 19.0. The molecule has 1 saturated heterocycles. The zero-order valence-corrected chi connectivity index (χ0v) is 15.6. The Balaban J connectivity index is 1.92. The maximum Gasteiger partial charge on any atom is 0.191 e. The number of nitrogens with one attached hydrogen (secondary N) is 2. The van der Waals surface area contributed by atoms with Crippen molar-refractivity contribution in [3.63, 3.8) is 0 Å². The van der Waals surface area contributed by atoms with Crippen molar-refractivity contribution in [2.24, 2.45) is 4.99 Å². The van der Waals surface area contributed by atoms with Gasteiger partial charge in [-0.15, -0.1) is 0 Å². The highest BCUT2D eigenvalue weighted by Gasteiger charge is 2.23. The summed E-state index contributed by atoms with van der Waals surface area (Å²) in [4.78, 5) is 7.21. The molecule has 0 amide bonds. The van der Waals surface area contributed by atoms with Gasteiger partial charge >= 0.3 is 0 Å². The van der Waals surface area contributed by atoms with E-state index in [0.29, 0.717) is 6.04 Å². The quantitative estimate of drug-likeness (QED) is 0.620. The fourth-order valence-electron chi connectivity index (χ4n) is 2.60. The molecule has 1 aliphatic rings. The lowest BCUT2D eigenvalue weighted by Crippen LogP contribution is -2.45. The SMILES string of the molecule is CCNC(=NCC(C)(C)SC)NC1CCN(c2ccccc2)C1. The molecule has 0 aliphatic carbocycles. The Kier molecular flexibility index (Phi) is 6.63. The Hall–Kier alpha value is -1.36. The van der Waals surface area contributed by atoms with E-state index in [4.69, 9.17) is 4.99 Å². The summed E-state index contributed by atoms with van der Waals surface area (Å²) in [5.41, 5.74) is 1.31. The van der Waals surface area contributed by atoms with Crippen molar-refractivity contribution in [1.29, 1.82) is 0 Å². The first-order valence-corrected chi connectivity index (χ1v) is 9.66. The summed E-state index contributed by atoms with van der Waals surface area (Å²) in [6.45, 7) is 10.4. The smallest absolute Gasteiger partial charge is 0.191 e. The van der Waals surface area contributed by atoms with Gasteiger partial charge in [-0.1, -0.05) is 18.2 Å². The molecule has 2 rings (SSSR count). The first kappa shape index (κ1) is 18.0. The Morgan fingerprint density at radius 3 is 2.74 bits per heavy atom. The summed E-state index contributed by atoms with van der Waals surface area (Å²) in [5.74, 6) is 0.939. The monoisotopic (exact) mass is 334 g/mol. The fourth-order valence-corrected chi connectivity index (χ4v) is 2.79. The molecule has 5 heteroatoms. The van der Waals surface area contributed by atoms with Crippen molar-refractivity contribution in [3.05, 3.63) is 30.3 Å². The second-order valence-electron chi connectivity index (χ2n) is 6.57. The van der Waals surface area contributed by atoms with Gasteiger partial charge in [-0.25, -0.2) is 0 Å². The molecule has 0 bridgehead atoms. The van der Waals surface area contributed by atoms with Crippen LogP contribution in [0.4, 0.5) is 5.69 Å². The van der Waals surface area contributed by atoms with Gasteiger partial charge in [0.15, 0.2) is 5.96 Å². The van der Waals surface area contributed by atoms with Gasteiger partial charge in [-0.2, -0.15) is 11.8 Å². The second kappa shape index (κ2) is 8.48. The first-order chi connectivity index (χ1) is 11.0. The van der Waals surface area contributed by atoms with Gasteiger partial charge in [0.25, 0.3) is 0 Å². The minimum atomic E-state index is 0.175. The molecular weight excluding hydrogens is 304 g/mol. The number of hydrogen-bond donors (Lipinski definition) is 2. The number of guanidine groups is 1. The molecule has 4 nitrogen and oxygen atoms in total. The Labute approximate surface area is 145 Å². The zero-order valence-electron chi connectivity index (χ0n) is 14.8. The van der Waals surface area contributed by atoms with Crippen LogP contribution in [0, 0.1) is 0 Å². The molecule has 2 N–H and O–H groups in total. The first-order valence-electron chi connectivity index (χ1n) is 8.44. The predicted octanol–water partition coefficient (Wildman–Crippen LogP) is 2.96. The number of hydrogen-bond acceptors (Lipinski definition) is 3. The third-order valence-corrected chi connectivity index (χ3v) is 5.40. The average molecular weight is 335 g/mol. The third kappa shape index (κ3) is 5.65. The predicted molar refractivity (Wildman–Crippen MR) is 104 cm³/mol. The van der Waals surface area contributed by atoms with Crippen LogP contribution in [-0.2, 0) is 0 Å². The number of thioether (sulfide) groups is 1. The largest absolute Gasteiger partial charge is 0.369 e. The van der Waals surface area contributed by atoms with E-state index in [2.05, 4.69) is 72.9 Å². The zero-order chi connectivity index (χ0) is 16.7. The molecule has 0 saturated carbocycles. The molecule has 1 atom stereocenters. The number of rotatable bonds is 6. The molecule has 0 aromatic heterocycles. The molecule has 1 aliphatic heterocycles. The number of nitrogens with zero attached hydrogens (tertiary/aromatic N) is 2. The van der Waals surface area contributed by atoms with E-state index in [1.165, 1.54) is 5.69 Å². The van der Waals surface area contributed by atoms with Gasteiger partial charge in [0.05, 0.1) is 6.54 Å². The van der Waals surface area contributed by atoms with E-state index in [-0.39, 0.29) is 4.75 Å². The van der Waals surface area contributed by atoms with Crippen molar-refractivity contribution in [3.8, 4) is 0 Å². The van der Waals surface area contributed by atoms with E-state index >= 15 is 0 Å². The van der Waals surface area contributed by atoms with Crippen molar-refractivity contribution >= 4 is 23.4 Å². The highest BCUT2D eigenvalue weighted by atomic mass is 32.2. The number of anilines is 1. The molecule has 1 fully saturated rings. The second-order valence-corrected chi connectivity index (χ2v) is 8.08. The van der Waals surface area contributed by atoms with Gasteiger partial charge in [-0.3, -0.25) is 4.99 Å². The average Bonchev–Trinajstić information content (AvgIpc) is 3.02. The van der Waals surface area contributed by atoms with Crippen LogP contribution in [-0.4, -0.2) is 49.2 Å². The van der Waals surface area contributed by atoms with E-state index in [0.717, 1.165) is 38.6 Å². The van der Waals surface area contributed by atoms with Crippen LogP contribution in [0.25, 0.3) is 0 Å². The number of para-hydroxylation sites is 1. The van der Waals surface area contributed by atoms with Crippen LogP contribution >= 0.6 is 11.8 Å². The third-order valence-electron chi connectivity index (χ3n) is 4.17. The summed E-state index contributed by atoms with van der Waals surface area (Å²) in [7, 11) is 0. The van der Waals surface area contributed by atoms with Crippen LogP contribution in [0.3, 0.4) is 0 Å². The molecule has 23 heavy (non-hydrogen) atoms. The van der Waals surface area contributed by atoms with Crippen molar-refractivity contribution < 1.29 is 0 Å². The highest BCUT2D eigenvalue weighted by Crippen LogP contribution is 2.21. The summed E-state index contributed by atoms with van der Waals surface area (Å²) >= 11 is 1.86. The topological polar surface area (TPSA) is 39.7 Å². The molecule has 128 valence electrons. The minimum absolute atomic E-state index is 0.175. The van der Waals surface area contributed by atoms with Gasteiger partial charge in [0, 0.05) is 36.1 Å². The highest BCUT2D eigenvalue weighted by molar-refractivity contribution is 7.99. The standard InChI is InChI=1S/C18H30N4S/c1-5-19-17(20-14-18(2,3)23-4)21-15-11-12-22(13-15)16-9-7-6-8-10-16/h6-10,15H,5,11-14H2,1-4H3,(H2,19,20,21). The molecule has 1 unspecified atom stereocenters. The van der Waals surface area contributed by atoms with Crippen molar-refractivity contribution in [2.75, 3.05) is 37.3 Å². The molecule has 0 spiro atoms. The molecule has 0 radical (unpaired) electrons. The summed E-state index contributed by atoms with van der Waals surface area (Å²) in [6, 6.07) is 11.1.